The van der Waals surface area contributed by atoms with Gasteiger partial charge in [0.05, 0.1) is 24.7 Å². The summed E-state index contributed by atoms with van der Waals surface area (Å²) in [5, 5.41) is 2.47. The number of nitrogens with zero attached hydrogens (tertiary/aromatic N) is 3. The number of ether oxygens (including phenoxy) is 1. The predicted octanol–water partition coefficient (Wildman–Crippen LogP) is 2.78. The zero-order valence-electron chi connectivity index (χ0n) is 14.7. The second kappa shape index (κ2) is 7.59. The van der Waals surface area contributed by atoms with E-state index in [0.29, 0.717) is 5.02 Å². The number of anilines is 2. The summed E-state index contributed by atoms with van der Waals surface area (Å²) in [5.41, 5.74) is 4.33. The molecule has 3 rings (SSSR count). The lowest BCUT2D eigenvalue weighted by molar-refractivity contribution is -0.115. The summed E-state index contributed by atoms with van der Waals surface area (Å²) in [5.74, 6) is -1.22. The zero-order chi connectivity index (χ0) is 21.3. The van der Waals surface area contributed by atoms with Crippen LogP contribution in [0.15, 0.2) is 35.3 Å². The van der Waals surface area contributed by atoms with Crippen LogP contribution in [0.1, 0.15) is 10.4 Å². The minimum Gasteiger partial charge on any atom is -0.465 e. The highest BCUT2D eigenvalue weighted by atomic mass is 35.5. The fraction of sp³-hybridized carbons (Fsp3) is 0.176. The number of rotatable bonds is 4. The van der Waals surface area contributed by atoms with E-state index in [-0.39, 0.29) is 28.4 Å². The predicted molar refractivity (Wildman–Crippen MR) is 100 cm³/mol. The number of fused-ring (bicyclic) bond motifs is 1. The molecule has 3 N–H and O–H groups in total. The van der Waals surface area contributed by atoms with Gasteiger partial charge in [0.15, 0.2) is 11.2 Å². The average Bonchev–Trinajstić information content (AvgIpc) is 2.67. The monoisotopic (exact) mass is 427 g/mol. The number of hydrogen-bond donors (Lipinski definition) is 2. The van der Waals surface area contributed by atoms with Gasteiger partial charge in [-0.05, 0) is 24.3 Å². The van der Waals surface area contributed by atoms with Crippen molar-refractivity contribution in [1.29, 1.82) is 0 Å². The normalized spacial score (nSPS) is 11.5. The fourth-order valence-electron chi connectivity index (χ4n) is 2.57. The van der Waals surface area contributed by atoms with Crippen molar-refractivity contribution in [3.63, 3.8) is 0 Å². The van der Waals surface area contributed by atoms with E-state index in [1.807, 2.05) is 0 Å². The number of pyridine rings is 1. The molecule has 29 heavy (non-hydrogen) atoms. The molecule has 0 bridgehead atoms. The molecule has 0 radical (unpaired) electrons. The van der Waals surface area contributed by atoms with Gasteiger partial charge in [-0.3, -0.25) is 9.36 Å². The molecule has 0 fully saturated rings. The molecule has 1 aromatic carbocycles. The smallest absolute Gasteiger partial charge is 0.405 e. The van der Waals surface area contributed by atoms with Crippen molar-refractivity contribution in [2.45, 2.75) is 6.18 Å². The molecule has 0 amide bonds. The largest absolute Gasteiger partial charge is 0.465 e. The number of methoxy groups -OCH3 is 1. The molecule has 0 saturated carbocycles. The van der Waals surface area contributed by atoms with E-state index >= 15 is 0 Å². The highest BCUT2D eigenvalue weighted by Crippen LogP contribution is 2.25. The van der Waals surface area contributed by atoms with E-state index in [9.17, 15) is 22.8 Å². The minimum atomic E-state index is -4.49. The summed E-state index contributed by atoms with van der Waals surface area (Å²) in [6.45, 7) is -1.35. The molecule has 12 heteroatoms. The lowest BCUT2D eigenvalue weighted by atomic mass is 10.2. The van der Waals surface area contributed by atoms with Crippen LogP contribution in [0.3, 0.4) is 0 Å². The van der Waals surface area contributed by atoms with Crippen molar-refractivity contribution in [2.75, 3.05) is 24.7 Å². The van der Waals surface area contributed by atoms with Gasteiger partial charge in [-0.15, -0.1) is 0 Å². The van der Waals surface area contributed by atoms with Crippen LogP contribution in [-0.2, 0) is 4.74 Å². The Bertz CT molecular complexity index is 1150. The zero-order valence-corrected chi connectivity index (χ0v) is 15.5. The Kier molecular flexibility index (Phi) is 5.33. The first-order valence-electron chi connectivity index (χ1n) is 7.98. The quantitative estimate of drug-likeness (QED) is 0.615. The van der Waals surface area contributed by atoms with Crippen LogP contribution in [-0.4, -0.2) is 40.3 Å². The summed E-state index contributed by atoms with van der Waals surface area (Å²) in [7, 11) is 1.08. The summed E-state index contributed by atoms with van der Waals surface area (Å²) in [6.07, 6.45) is -3.47. The Balaban J connectivity index is 2.31. The lowest BCUT2D eigenvalue weighted by Gasteiger charge is -2.15. The number of esters is 1. The number of carbonyl (C=O) groups excluding carboxylic acids is 1. The summed E-state index contributed by atoms with van der Waals surface area (Å²) in [4.78, 5) is 33.1. The molecule has 0 aliphatic rings. The van der Waals surface area contributed by atoms with E-state index in [1.165, 1.54) is 24.3 Å². The average molecular weight is 428 g/mol. The molecule has 2 heterocycles. The first-order chi connectivity index (χ1) is 13.6. The van der Waals surface area contributed by atoms with Crippen LogP contribution in [0.25, 0.3) is 16.9 Å². The van der Waals surface area contributed by atoms with Crippen molar-refractivity contribution in [1.82, 2.24) is 14.5 Å². The van der Waals surface area contributed by atoms with Gasteiger partial charge in [0.2, 0.25) is 0 Å². The third-order valence-electron chi connectivity index (χ3n) is 3.85. The number of carbonyl (C=O) groups is 1. The molecular weight excluding hydrogens is 415 g/mol. The second-order valence-electron chi connectivity index (χ2n) is 5.79. The highest BCUT2D eigenvalue weighted by molar-refractivity contribution is 6.30. The molecule has 0 spiro atoms. The maximum atomic E-state index is 13.0. The molecule has 0 aliphatic heterocycles. The maximum Gasteiger partial charge on any atom is 0.405 e. The molecule has 0 atom stereocenters. The highest BCUT2D eigenvalue weighted by Gasteiger charge is 2.28. The summed E-state index contributed by atoms with van der Waals surface area (Å²) in [6, 6.07) is 5.92. The standard InChI is InChI=1S/C17H13ClF3N5O3/c1-29-16(28)11-12(22)13-14(25-10(6-23-13)24-7-17(19,20)21)26(15(11)27)9-4-2-8(18)3-5-9/h2-6H,7,22H2,1H3,(H,24,25). The molecule has 0 aliphatic carbocycles. The van der Waals surface area contributed by atoms with Gasteiger partial charge in [-0.25, -0.2) is 14.8 Å². The van der Waals surface area contributed by atoms with Crippen LogP contribution < -0.4 is 16.6 Å². The topological polar surface area (TPSA) is 112 Å². The molecule has 8 nitrogen and oxygen atoms in total. The van der Waals surface area contributed by atoms with Gasteiger partial charge in [-0.1, -0.05) is 11.6 Å². The van der Waals surface area contributed by atoms with Crippen LogP contribution in [0, 0.1) is 0 Å². The Labute approximate surface area is 166 Å². The fourth-order valence-corrected chi connectivity index (χ4v) is 2.70. The molecule has 0 saturated heterocycles. The summed E-state index contributed by atoms with van der Waals surface area (Å²) >= 11 is 5.87. The maximum absolute atomic E-state index is 13.0. The van der Waals surface area contributed by atoms with E-state index in [0.717, 1.165) is 17.9 Å². The lowest BCUT2D eigenvalue weighted by Crippen LogP contribution is -2.29. The Morgan fingerprint density at radius 3 is 2.55 bits per heavy atom. The molecule has 2 aromatic heterocycles. The van der Waals surface area contributed by atoms with Crippen molar-refractivity contribution >= 4 is 40.2 Å². The number of nitrogens with two attached hydrogens (primary N) is 1. The molecule has 0 unspecified atom stereocenters. The van der Waals surface area contributed by atoms with E-state index in [2.05, 4.69) is 20.0 Å². The summed E-state index contributed by atoms with van der Waals surface area (Å²) < 4.78 is 43.1. The number of nitrogen functional groups attached to an aromatic ring is 1. The minimum absolute atomic E-state index is 0.0579. The number of alkyl halides is 3. The van der Waals surface area contributed by atoms with Crippen molar-refractivity contribution in [3.8, 4) is 5.69 Å². The second-order valence-corrected chi connectivity index (χ2v) is 6.23. The van der Waals surface area contributed by atoms with Gasteiger partial charge in [0, 0.05) is 5.02 Å². The molecule has 152 valence electrons. The van der Waals surface area contributed by atoms with Gasteiger partial charge < -0.3 is 15.8 Å². The van der Waals surface area contributed by atoms with E-state index < -0.39 is 29.8 Å². The molecule has 3 aromatic rings. The van der Waals surface area contributed by atoms with Crippen LogP contribution >= 0.6 is 11.6 Å². The van der Waals surface area contributed by atoms with Gasteiger partial charge >= 0.3 is 12.1 Å². The first kappa shape index (κ1) is 20.4. The van der Waals surface area contributed by atoms with Gasteiger partial charge in [0.25, 0.3) is 5.56 Å². The number of halogens is 4. The van der Waals surface area contributed by atoms with Crippen molar-refractivity contribution < 1.29 is 22.7 Å². The Morgan fingerprint density at radius 1 is 1.31 bits per heavy atom. The van der Waals surface area contributed by atoms with E-state index in [4.69, 9.17) is 17.3 Å². The van der Waals surface area contributed by atoms with Crippen LogP contribution in [0.2, 0.25) is 5.02 Å². The molecular formula is C17H13ClF3N5O3. The Hall–Kier alpha value is -3.34. The third-order valence-corrected chi connectivity index (χ3v) is 4.10. The number of aromatic nitrogens is 3. The SMILES string of the molecule is COC(=O)c1c(N)c2ncc(NCC(F)(F)F)nc2n(-c2ccc(Cl)cc2)c1=O. The third kappa shape index (κ3) is 4.09. The van der Waals surface area contributed by atoms with Crippen LogP contribution in [0.5, 0.6) is 0 Å². The number of nitrogens with one attached hydrogen (secondary N) is 1. The van der Waals surface area contributed by atoms with Crippen molar-refractivity contribution in [3.05, 3.63) is 51.4 Å². The number of hydrogen-bond acceptors (Lipinski definition) is 7. The van der Waals surface area contributed by atoms with Gasteiger partial charge in [-0.2, -0.15) is 13.2 Å². The van der Waals surface area contributed by atoms with Crippen molar-refractivity contribution in [2.24, 2.45) is 0 Å². The Morgan fingerprint density at radius 2 is 1.97 bits per heavy atom. The van der Waals surface area contributed by atoms with Gasteiger partial charge in [0.1, 0.15) is 17.9 Å². The van der Waals surface area contributed by atoms with E-state index in [1.54, 1.807) is 0 Å². The number of benzene rings is 1. The van der Waals surface area contributed by atoms with Crippen LogP contribution in [0.4, 0.5) is 24.7 Å². The first-order valence-corrected chi connectivity index (χ1v) is 8.36.